The van der Waals surface area contributed by atoms with Gasteiger partial charge in [0.2, 0.25) is 0 Å². The standard InChI is InChI=1S/C24H35N5O.HI/c1-25-24(26-15-9-17-29(4)19-21-10-6-5-7-11-21)27-16-14-20-12-8-13-22(18-20)23(30)28(2)3;/h5-8,10-13,18H,9,14-17,19H2,1-4H3,(H2,25,26,27);1H. The van der Waals surface area contributed by atoms with E-state index in [1.54, 1.807) is 26.0 Å². The van der Waals surface area contributed by atoms with Crippen molar-refractivity contribution in [2.24, 2.45) is 4.99 Å². The summed E-state index contributed by atoms with van der Waals surface area (Å²) in [6.45, 7) is 3.60. The highest BCUT2D eigenvalue weighted by atomic mass is 127. The average Bonchev–Trinajstić information content (AvgIpc) is 2.75. The lowest BCUT2D eigenvalue weighted by Gasteiger charge is -2.17. The minimum Gasteiger partial charge on any atom is -0.356 e. The van der Waals surface area contributed by atoms with Crippen molar-refractivity contribution in [1.82, 2.24) is 20.4 Å². The van der Waals surface area contributed by atoms with Crippen LogP contribution in [0.15, 0.2) is 59.6 Å². The maximum atomic E-state index is 12.1. The zero-order valence-electron chi connectivity index (χ0n) is 19.1. The third-order valence-corrected chi connectivity index (χ3v) is 4.81. The Bertz CT molecular complexity index is 811. The Kier molecular flexibility index (Phi) is 12.8. The van der Waals surface area contributed by atoms with Gasteiger partial charge in [-0.2, -0.15) is 0 Å². The van der Waals surface area contributed by atoms with Crippen LogP contribution in [-0.2, 0) is 13.0 Å². The number of nitrogens with zero attached hydrogens (tertiary/aromatic N) is 3. The largest absolute Gasteiger partial charge is 0.356 e. The Morgan fingerprint density at radius 1 is 0.935 bits per heavy atom. The molecule has 0 fully saturated rings. The lowest BCUT2D eigenvalue weighted by Crippen LogP contribution is -2.39. The van der Waals surface area contributed by atoms with E-state index in [9.17, 15) is 4.79 Å². The number of carbonyl (C=O) groups is 1. The van der Waals surface area contributed by atoms with Gasteiger partial charge in [0.1, 0.15) is 0 Å². The molecule has 0 saturated heterocycles. The number of hydrogen-bond donors (Lipinski definition) is 2. The number of hydrogen-bond acceptors (Lipinski definition) is 3. The minimum atomic E-state index is 0. The molecule has 0 atom stereocenters. The predicted octanol–water partition coefficient (Wildman–Crippen LogP) is 3.24. The maximum absolute atomic E-state index is 12.1. The van der Waals surface area contributed by atoms with Gasteiger partial charge in [0.05, 0.1) is 0 Å². The van der Waals surface area contributed by atoms with Gasteiger partial charge in [-0.25, -0.2) is 0 Å². The lowest BCUT2D eigenvalue weighted by atomic mass is 10.1. The van der Waals surface area contributed by atoms with Crippen LogP contribution in [0, 0.1) is 0 Å². The number of rotatable bonds is 10. The number of halogens is 1. The summed E-state index contributed by atoms with van der Waals surface area (Å²) in [7, 11) is 7.47. The van der Waals surface area contributed by atoms with Gasteiger partial charge in [0, 0.05) is 46.3 Å². The van der Waals surface area contributed by atoms with Crippen LogP contribution in [-0.4, -0.2) is 69.5 Å². The highest BCUT2D eigenvalue weighted by Crippen LogP contribution is 2.08. The van der Waals surface area contributed by atoms with E-state index in [1.807, 2.05) is 30.3 Å². The maximum Gasteiger partial charge on any atom is 0.253 e. The number of amides is 1. The van der Waals surface area contributed by atoms with Crippen molar-refractivity contribution in [3.8, 4) is 0 Å². The molecule has 31 heavy (non-hydrogen) atoms. The first-order valence-corrected chi connectivity index (χ1v) is 10.5. The van der Waals surface area contributed by atoms with Crippen LogP contribution in [0.3, 0.4) is 0 Å². The summed E-state index contributed by atoms with van der Waals surface area (Å²) in [6, 6.07) is 18.3. The summed E-state index contributed by atoms with van der Waals surface area (Å²) in [5.74, 6) is 0.834. The second-order valence-electron chi connectivity index (χ2n) is 7.65. The van der Waals surface area contributed by atoms with E-state index in [1.165, 1.54) is 5.56 Å². The molecule has 2 N–H and O–H groups in total. The zero-order valence-corrected chi connectivity index (χ0v) is 21.4. The average molecular weight is 537 g/mol. The van der Waals surface area contributed by atoms with Crippen molar-refractivity contribution in [3.05, 3.63) is 71.3 Å². The quantitative estimate of drug-likeness (QED) is 0.212. The Morgan fingerprint density at radius 2 is 1.61 bits per heavy atom. The Hall–Kier alpha value is -2.13. The fourth-order valence-corrected chi connectivity index (χ4v) is 3.19. The first kappa shape index (κ1) is 26.9. The van der Waals surface area contributed by atoms with Crippen molar-refractivity contribution < 1.29 is 4.79 Å². The number of carbonyl (C=O) groups excluding carboxylic acids is 1. The monoisotopic (exact) mass is 537 g/mol. The number of aliphatic imine (C=N–C) groups is 1. The van der Waals surface area contributed by atoms with Crippen LogP contribution in [0.2, 0.25) is 0 Å². The number of nitrogens with one attached hydrogen (secondary N) is 2. The molecule has 0 aliphatic rings. The second-order valence-corrected chi connectivity index (χ2v) is 7.65. The minimum absolute atomic E-state index is 0. The van der Waals surface area contributed by atoms with Crippen LogP contribution in [0.5, 0.6) is 0 Å². The van der Waals surface area contributed by atoms with Crippen molar-refractivity contribution >= 4 is 35.8 Å². The molecule has 0 radical (unpaired) electrons. The van der Waals surface area contributed by atoms with Crippen LogP contribution >= 0.6 is 24.0 Å². The van der Waals surface area contributed by atoms with E-state index in [0.29, 0.717) is 0 Å². The van der Waals surface area contributed by atoms with Crippen molar-refractivity contribution in [2.75, 3.05) is 47.8 Å². The van der Waals surface area contributed by atoms with Gasteiger partial charge in [-0.15, -0.1) is 24.0 Å². The molecule has 0 unspecified atom stereocenters. The summed E-state index contributed by atoms with van der Waals surface area (Å²) in [4.78, 5) is 20.3. The third-order valence-electron chi connectivity index (χ3n) is 4.81. The van der Waals surface area contributed by atoms with Crippen molar-refractivity contribution in [1.29, 1.82) is 0 Å². The van der Waals surface area contributed by atoms with Crippen molar-refractivity contribution in [2.45, 2.75) is 19.4 Å². The molecule has 0 aromatic heterocycles. The van der Waals surface area contributed by atoms with Gasteiger partial charge in [0.15, 0.2) is 5.96 Å². The molecule has 0 saturated carbocycles. The molecule has 7 heteroatoms. The molecule has 0 spiro atoms. The van der Waals surface area contributed by atoms with E-state index in [0.717, 1.165) is 56.1 Å². The van der Waals surface area contributed by atoms with Gasteiger partial charge in [-0.1, -0.05) is 42.5 Å². The number of guanidine groups is 1. The lowest BCUT2D eigenvalue weighted by molar-refractivity contribution is 0.0827. The molecule has 0 aliphatic heterocycles. The summed E-state index contributed by atoms with van der Waals surface area (Å²) >= 11 is 0. The van der Waals surface area contributed by atoms with Gasteiger partial charge < -0.3 is 20.4 Å². The van der Waals surface area contributed by atoms with Gasteiger partial charge in [-0.3, -0.25) is 9.79 Å². The molecular formula is C24H36IN5O. The summed E-state index contributed by atoms with van der Waals surface area (Å²) in [6.07, 6.45) is 1.87. The normalized spacial score (nSPS) is 11.1. The first-order chi connectivity index (χ1) is 14.5. The van der Waals surface area contributed by atoms with Gasteiger partial charge in [0.25, 0.3) is 5.91 Å². The molecule has 0 bridgehead atoms. The van der Waals surface area contributed by atoms with E-state index < -0.39 is 0 Å². The molecule has 6 nitrogen and oxygen atoms in total. The van der Waals surface area contributed by atoms with E-state index in [2.05, 4.69) is 51.8 Å². The topological polar surface area (TPSA) is 60.0 Å². The first-order valence-electron chi connectivity index (χ1n) is 10.5. The summed E-state index contributed by atoms with van der Waals surface area (Å²) < 4.78 is 0. The van der Waals surface area contributed by atoms with Crippen LogP contribution in [0.4, 0.5) is 0 Å². The SMILES string of the molecule is CN=C(NCCCN(C)Cc1ccccc1)NCCc1cccc(C(=O)N(C)C)c1.I. The fourth-order valence-electron chi connectivity index (χ4n) is 3.19. The Morgan fingerprint density at radius 3 is 2.29 bits per heavy atom. The van der Waals surface area contributed by atoms with E-state index in [-0.39, 0.29) is 29.9 Å². The second kappa shape index (κ2) is 14.8. The highest BCUT2D eigenvalue weighted by Gasteiger charge is 2.08. The van der Waals surface area contributed by atoms with Crippen LogP contribution < -0.4 is 10.6 Å². The molecule has 2 rings (SSSR count). The summed E-state index contributed by atoms with van der Waals surface area (Å²) in [5.41, 5.74) is 3.19. The fraction of sp³-hybridized carbons (Fsp3) is 0.417. The third kappa shape index (κ3) is 10.1. The molecule has 2 aromatic rings. The van der Waals surface area contributed by atoms with Crippen LogP contribution in [0.25, 0.3) is 0 Å². The van der Waals surface area contributed by atoms with Gasteiger partial charge in [-0.05, 0) is 49.7 Å². The molecule has 0 aliphatic carbocycles. The molecule has 0 heterocycles. The van der Waals surface area contributed by atoms with Gasteiger partial charge >= 0.3 is 0 Å². The van der Waals surface area contributed by atoms with E-state index >= 15 is 0 Å². The smallest absolute Gasteiger partial charge is 0.253 e. The predicted molar refractivity (Wildman–Crippen MR) is 140 cm³/mol. The van der Waals surface area contributed by atoms with Crippen LogP contribution in [0.1, 0.15) is 27.9 Å². The molecule has 2 aromatic carbocycles. The molecule has 1 amide bonds. The number of benzene rings is 2. The Balaban J connectivity index is 0.00000480. The zero-order chi connectivity index (χ0) is 21.8. The molecule has 170 valence electrons. The molecular weight excluding hydrogens is 501 g/mol. The highest BCUT2D eigenvalue weighted by molar-refractivity contribution is 14.0. The summed E-state index contributed by atoms with van der Waals surface area (Å²) in [5, 5.41) is 6.72. The van der Waals surface area contributed by atoms with Crippen molar-refractivity contribution in [3.63, 3.8) is 0 Å². The Labute approximate surface area is 204 Å². The van der Waals surface area contributed by atoms with E-state index in [4.69, 9.17) is 0 Å².